The van der Waals surface area contributed by atoms with E-state index in [0.29, 0.717) is 23.9 Å². The van der Waals surface area contributed by atoms with Crippen molar-refractivity contribution in [2.75, 3.05) is 31.6 Å². The number of rotatable bonds is 5. The van der Waals surface area contributed by atoms with Gasteiger partial charge < -0.3 is 9.32 Å². The summed E-state index contributed by atoms with van der Waals surface area (Å²) in [6.07, 6.45) is 1.71. The quantitative estimate of drug-likeness (QED) is 0.660. The first-order valence-corrected chi connectivity index (χ1v) is 9.73. The fraction of sp³-hybridized carbons (Fsp3) is 0.318. The van der Waals surface area contributed by atoms with Crippen LogP contribution in [0.15, 0.2) is 59.0 Å². The average molecular weight is 394 g/mol. The van der Waals surface area contributed by atoms with Crippen molar-refractivity contribution < 1.29 is 13.6 Å². The molecule has 4 rings (SSSR count). The molecule has 0 bridgehead atoms. The van der Waals surface area contributed by atoms with Gasteiger partial charge in [0.2, 0.25) is 17.7 Å². The highest BCUT2D eigenvalue weighted by molar-refractivity contribution is 5.94. The van der Waals surface area contributed by atoms with Gasteiger partial charge in [-0.25, -0.2) is 4.39 Å². The molecule has 2 heterocycles. The highest BCUT2D eigenvalue weighted by atomic mass is 19.1. The number of carbonyl (C=O) groups excluding carboxylic acids is 1. The monoisotopic (exact) mass is 394 g/mol. The Morgan fingerprint density at radius 2 is 1.79 bits per heavy atom. The molecule has 7 heteroatoms. The van der Waals surface area contributed by atoms with Gasteiger partial charge in [-0.15, -0.1) is 10.2 Å². The summed E-state index contributed by atoms with van der Waals surface area (Å²) < 4.78 is 18.9. The number of hydrogen-bond acceptors (Lipinski definition) is 5. The molecule has 0 unspecified atom stereocenters. The zero-order valence-electron chi connectivity index (χ0n) is 16.3. The number of likely N-dealkylation sites (tertiary alicyclic amines) is 1. The fourth-order valence-electron chi connectivity index (χ4n) is 3.54. The third-order valence-corrected chi connectivity index (χ3v) is 5.35. The topological polar surface area (TPSA) is 62.5 Å². The normalized spacial score (nSPS) is 15.4. The van der Waals surface area contributed by atoms with Crippen molar-refractivity contribution in [2.24, 2.45) is 0 Å². The van der Waals surface area contributed by atoms with Gasteiger partial charge in [0.25, 0.3) is 0 Å². The number of carbonyl (C=O) groups is 1. The molecule has 29 heavy (non-hydrogen) atoms. The van der Waals surface area contributed by atoms with E-state index in [1.165, 1.54) is 12.1 Å². The molecular formula is C22H23FN4O2. The number of piperidine rings is 1. The van der Waals surface area contributed by atoms with Crippen molar-refractivity contribution in [3.8, 4) is 11.5 Å². The Balaban J connectivity index is 1.32. The van der Waals surface area contributed by atoms with Gasteiger partial charge in [-0.2, -0.15) is 0 Å². The molecule has 0 atom stereocenters. The summed E-state index contributed by atoms with van der Waals surface area (Å²) in [6.45, 7) is 1.99. The molecule has 3 aromatic rings. The molecule has 0 radical (unpaired) electrons. The van der Waals surface area contributed by atoms with E-state index in [9.17, 15) is 9.18 Å². The number of likely N-dealkylation sites (N-methyl/N-ethyl adjacent to an activating group) is 1. The summed E-state index contributed by atoms with van der Waals surface area (Å²) >= 11 is 0. The lowest BCUT2D eigenvalue weighted by Gasteiger charge is -2.31. The maximum atomic E-state index is 13.1. The summed E-state index contributed by atoms with van der Waals surface area (Å²) in [5.74, 6) is 0.966. The van der Waals surface area contributed by atoms with Crippen LogP contribution in [0.3, 0.4) is 0 Å². The van der Waals surface area contributed by atoms with Crippen LogP contribution in [0.5, 0.6) is 0 Å². The average Bonchev–Trinajstić information content (AvgIpc) is 3.25. The predicted molar refractivity (Wildman–Crippen MR) is 108 cm³/mol. The van der Waals surface area contributed by atoms with Gasteiger partial charge in [0, 0.05) is 24.2 Å². The molecule has 1 amide bonds. The summed E-state index contributed by atoms with van der Waals surface area (Å²) in [5, 5.41) is 8.29. The Labute approximate surface area is 169 Å². The highest BCUT2D eigenvalue weighted by Crippen LogP contribution is 2.29. The maximum absolute atomic E-state index is 13.1. The van der Waals surface area contributed by atoms with E-state index in [0.717, 1.165) is 31.6 Å². The summed E-state index contributed by atoms with van der Waals surface area (Å²) in [6, 6.07) is 15.7. The van der Waals surface area contributed by atoms with Crippen molar-refractivity contribution in [3.05, 3.63) is 66.3 Å². The highest BCUT2D eigenvalue weighted by Gasteiger charge is 2.27. The van der Waals surface area contributed by atoms with Crippen molar-refractivity contribution in [1.82, 2.24) is 15.1 Å². The number of aromatic nitrogens is 2. The third-order valence-electron chi connectivity index (χ3n) is 5.35. The zero-order chi connectivity index (χ0) is 20.2. The molecular weight excluding hydrogens is 371 g/mol. The number of para-hydroxylation sites is 1. The first-order chi connectivity index (χ1) is 14.1. The smallest absolute Gasteiger partial charge is 0.247 e. The van der Waals surface area contributed by atoms with Gasteiger partial charge >= 0.3 is 0 Å². The van der Waals surface area contributed by atoms with Crippen LogP contribution in [0.25, 0.3) is 11.5 Å². The third kappa shape index (κ3) is 4.51. The second kappa shape index (κ2) is 8.53. The zero-order valence-corrected chi connectivity index (χ0v) is 16.3. The van der Waals surface area contributed by atoms with Crippen LogP contribution < -0.4 is 4.90 Å². The number of benzene rings is 2. The Kier molecular flexibility index (Phi) is 5.67. The minimum absolute atomic E-state index is 0.0750. The van der Waals surface area contributed by atoms with Gasteiger partial charge in [-0.3, -0.25) is 9.69 Å². The van der Waals surface area contributed by atoms with E-state index in [4.69, 9.17) is 4.42 Å². The Bertz CT molecular complexity index is 950. The molecule has 6 nitrogen and oxygen atoms in total. The van der Waals surface area contributed by atoms with E-state index in [-0.39, 0.29) is 17.6 Å². The molecule has 0 aliphatic carbocycles. The molecule has 150 valence electrons. The number of anilines is 1. The van der Waals surface area contributed by atoms with Gasteiger partial charge in [-0.1, -0.05) is 18.2 Å². The second-order valence-corrected chi connectivity index (χ2v) is 7.29. The summed E-state index contributed by atoms with van der Waals surface area (Å²) in [5.41, 5.74) is 1.60. The molecule has 0 N–H and O–H groups in total. The standard InChI is InChI=1S/C22H23FN4O2/c1-26(19-5-3-2-4-6-19)20(28)15-27-13-11-17(12-14-27)22-25-24-21(29-22)16-7-9-18(23)10-8-16/h2-10,17H,11-15H2,1H3. The van der Waals surface area contributed by atoms with Crippen LogP contribution in [0.1, 0.15) is 24.7 Å². The predicted octanol–water partition coefficient (Wildman–Crippen LogP) is 3.72. The molecule has 0 saturated carbocycles. The lowest BCUT2D eigenvalue weighted by Crippen LogP contribution is -2.42. The molecule has 1 aliphatic rings. The lowest BCUT2D eigenvalue weighted by molar-refractivity contribution is -0.119. The molecule has 0 spiro atoms. The Morgan fingerprint density at radius 1 is 1.10 bits per heavy atom. The molecule has 2 aromatic carbocycles. The van der Waals surface area contributed by atoms with Crippen LogP contribution in [0.4, 0.5) is 10.1 Å². The lowest BCUT2D eigenvalue weighted by atomic mass is 9.97. The van der Waals surface area contributed by atoms with E-state index >= 15 is 0 Å². The minimum atomic E-state index is -0.298. The van der Waals surface area contributed by atoms with E-state index < -0.39 is 0 Å². The first-order valence-electron chi connectivity index (χ1n) is 9.73. The van der Waals surface area contributed by atoms with E-state index in [2.05, 4.69) is 15.1 Å². The Hall–Kier alpha value is -3.06. The number of amides is 1. The number of nitrogens with zero attached hydrogens (tertiary/aromatic N) is 4. The number of halogens is 1. The molecule has 1 saturated heterocycles. The fourth-order valence-corrected chi connectivity index (χ4v) is 3.54. The molecule has 1 aromatic heterocycles. The van der Waals surface area contributed by atoms with Crippen LogP contribution in [0.2, 0.25) is 0 Å². The first kappa shape index (κ1) is 19.3. The van der Waals surface area contributed by atoms with Crippen LogP contribution in [0, 0.1) is 5.82 Å². The summed E-state index contributed by atoms with van der Waals surface area (Å²) in [4.78, 5) is 16.4. The van der Waals surface area contributed by atoms with Gasteiger partial charge in [-0.05, 0) is 62.3 Å². The SMILES string of the molecule is CN(C(=O)CN1CCC(c2nnc(-c3ccc(F)cc3)o2)CC1)c1ccccc1. The maximum Gasteiger partial charge on any atom is 0.247 e. The van der Waals surface area contributed by atoms with Crippen molar-refractivity contribution in [3.63, 3.8) is 0 Å². The van der Waals surface area contributed by atoms with Crippen LogP contribution in [-0.4, -0.2) is 47.7 Å². The number of hydrogen-bond donors (Lipinski definition) is 0. The minimum Gasteiger partial charge on any atom is -0.420 e. The van der Waals surface area contributed by atoms with E-state index in [1.807, 2.05) is 30.3 Å². The van der Waals surface area contributed by atoms with Crippen LogP contribution >= 0.6 is 0 Å². The molecule has 1 fully saturated rings. The van der Waals surface area contributed by atoms with Gasteiger partial charge in [0.1, 0.15) is 5.82 Å². The second-order valence-electron chi connectivity index (χ2n) is 7.29. The van der Waals surface area contributed by atoms with Gasteiger partial charge in [0.15, 0.2) is 0 Å². The Morgan fingerprint density at radius 3 is 2.48 bits per heavy atom. The van der Waals surface area contributed by atoms with Crippen LogP contribution in [-0.2, 0) is 4.79 Å². The van der Waals surface area contributed by atoms with E-state index in [1.54, 1.807) is 24.1 Å². The van der Waals surface area contributed by atoms with Crippen molar-refractivity contribution in [2.45, 2.75) is 18.8 Å². The largest absolute Gasteiger partial charge is 0.420 e. The van der Waals surface area contributed by atoms with Crippen molar-refractivity contribution >= 4 is 11.6 Å². The van der Waals surface area contributed by atoms with Crippen molar-refractivity contribution in [1.29, 1.82) is 0 Å². The summed E-state index contributed by atoms with van der Waals surface area (Å²) in [7, 11) is 1.81. The van der Waals surface area contributed by atoms with Gasteiger partial charge in [0.05, 0.1) is 6.54 Å². The molecule has 1 aliphatic heterocycles.